The van der Waals surface area contributed by atoms with Gasteiger partial charge in [-0.25, -0.2) is 4.57 Å². The molecule has 2 atom stereocenters. The molecule has 168 valence electrons. The molecule has 4 N–H and O–H groups in total. The highest BCUT2D eigenvalue weighted by Crippen LogP contribution is 2.36. The second kappa shape index (κ2) is 9.63. The van der Waals surface area contributed by atoms with Crippen LogP contribution in [0.5, 0.6) is 0 Å². The van der Waals surface area contributed by atoms with Crippen LogP contribution in [0.2, 0.25) is 0 Å². The van der Waals surface area contributed by atoms with Crippen molar-refractivity contribution in [1.82, 2.24) is 19.6 Å². The summed E-state index contributed by atoms with van der Waals surface area (Å²) in [5.74, 6) is -0.0104. The molecular formula is C19H22N7O4S2+. The smallest absolute Gasteiger partial charge is 0.278 e. The topological polar surface area (TPSA) is 147 Å². The standard InChI is InChI=1S/C19H21N7O4S2/c1-2-30-23-13(15-22-19(20)32-24-15)16(28)21-14-17(29)26-8-12(10-31-18(14)26)7-25-5-3-11(9-27)4-6-25/h3-6,8,14,18,27H,2,7,9-10H2,1H3,(H2-,20,21,22,24,28)/p+1/t14?,18-/m0/s1. The number of amides is 2. The van der Waals surface area contributed by atoms with Crippen molar-refractivity contribution in [2.24, 2.45) is 5.16 Å². The molecular weight excluding hydrogens is 454 g/mol. The molecule has 4 rings (SSSR count). The normalized spacial score (nSPS) is 20.3. The fraction of sp³-hybridized carbons (Fsp3) is 0.368. The summed E-state index contributed by atoms with van der Waals surface area (Å²) in [6, 6.07) is 3.03. The van der Waals surface area contributed by atoms with Gasteiger partial charge >= 0.3 is 0 Å². The van der Waals surface area contributed by atoms with Gasteiger partial charge in [0.15, 0.2) is 24.1 Å². The van der Waals surface area contributed by atoms with E-state index in [9.17, 15) is 9.59 Å². The summed E-state index contributed by atoms with van der Waals surface area (Å²) in [4.78, 5) is 36.1. The Morgan fingerprint density at radius 1 is 1.47 bits per heavy atom. The number of nitrogens with two attached hydrogens (primary N) is 1. The number of carbonyl (C=O) groups excluding carboxylic acids is 2. The second-order valence-corrected chi connectivity index (χ2v) is 8.92. The zero-order chi connectivity index (χ0) is 22.7. The van der Waals surface area contributed by atoms with Gasteiger partial charge in [-0.15, -0.1) is 11.8 Å². The van der Waals surface area contributed by atoms with Gasteiger partial charge in [-0.3, -0.25) is 9.59 Å². The second-order valence-electron chi connectivity index (χ2n) is 7.04. The van der Waals surface area contributed by atoms with E-state index in [-0.39, 0.29) is 41.2 Å². The van der Waals surface area contributed by atoms with Crippen molar-refractivity contribution in [3.63, 3.8) is 0 Å². The number of nitrogens with zero attached hydrogens (tertiary/aromatic N) is 5. The highest BCUT2D eigenvalue weighted by Gasteiger charge is 2.50. The molecule has 0 saturated carbocycles. The fourth-order valence-corrected chi connectivity index (χ4v) is 4.92. The number of thioether (sulfide) groups is 1. The van der Waals surface area contributed by atoms with Crippen LogP contribution in [0.15, 0.2) is 41.5 Å². The summed E-state index contributed by atoms with van der Waals surface area (Å²) < 4.78 is 5.99. The maximum atomic E-state index is 12.8. The van der Waals surface area contributed by atoms with Crippen molar-refractivity contribution >= 4 is 46.0 Å². The molecule has 2 aliphatic heterocycles. The van der Waals surface area contributed by atoms with Crippen LogP contribution in [0.25, 0.3) is 0 Å². The third-order valence-electron chi connectivity index (χ3n) is 4.81. The average molecular weight is 477 g/mol. The van der Waals surface area contributed by atoms with Crippen molar-refractivity contribution in [2.75, 3.05) is 18.1 Å². The van der Waals surface area contributed by atoms with Gasteiger partial charge in [0.05, 0.1) is 6.61 Å². The summed E-state index contributed by atoms with van der Waals surface area (Å²) in [6.45, 7) is 2.63. The molecule has 1 fully saturated rings. The highest BCUT2D eigenvalue weighted by atomic mass is 32.2. The lowest BCUT2D eigenvalue weighted by atomic mass is 10.1. The lowest BCUT2D eigenvalue weighted by Crippen LogP contribution is -2.69. The van der Waals surface area contributed by atoms with Crippen molar-refractivity contribution in [3.05, 3.63) is 47.7 Å². The van der Waals surface area contributed by atoms with Crippen LogP contribution in [0, 0.1) is 0 Å². The van der Waals surface area contributed by atoms with Gasteiger partial charge in [0, 0.05) is 41.2 Å². The molecule has 13 heteroatoms. The van der Waals surface area contributed by atoms with Crippen molar-refractivity contribution < 1.29 is 24.1 Å². The molecule has 2 aromatic heterocycles. The SMILES string of the molecule is CCON=C(C(=O)NC1C(=O)N2C=C(C[n+]3ccc(CO)cc3)CS[C@@H]12)c1nsc(N)n1. The van der Waals surface area contributed by atoms with Gasteiger partial charge in [0.25, 0.3) is 11.8 Å². The summed E-state index contributed by atoms with van der Waals surface area (Å²) in [6.07, 6.45) is 5.63. The first-order valence-electron chi connectivity index (χ1n) is 9.82. The molecule has 4 heterocycles. The number of hydrogen-bond donors (Lipinski definition) is 3. The van der Waals surface area contributed by atoms with E-state index in [1.807, 2.05) is 35.3 Å². The Morgan fingerprint density at radius 3 is 2.91 bits per heavy atom. The Morgan fingerprint density at radius 2 is 2.25 bits per heavy atom. The van der Waals surface area contributed by atoms with Gasteiger partial charge in [-0.05, 0) is 12.5 Å². The molecule has 11 nitrogen and oxygen atoms in total. The Hall–Kier alpha value is -3.03. The Bertz CT molecular complexity index is 1070. The van der Waals surface area contributed by atoms with Gasteiger partial charge in [-0.1, -0.05) is 5.16 Å². The molecule has 32 heavy (non-hydrogen) atoms. The van der Waals surface area contributed by atoms with Crippen LogP contribution in [-0.2, 0) is 27.6 Å². The Balaban J connectivity index is 1.41. The van der Waals surface area contributed by atoms with Gasteiger partial charge < -0.3 is 25.9 Å². The zero-order valence-corrected chi connectivity index (χ0v) is 18.8. The number of anilines is 1. The number of fused-ring (bicyclic) bond motifs is 1. The Labute approximate surface area is 192 Å². The van der Waals surface area contributed by atoms with Crippen LogP contribution in [0.4, 0.5) is 5.13 Å². The minimum atomic E-state index is -0.676. The van der Waals surface area contributed by atoms with E-state index >= 15 is 0 Å². The van der Waals surface area contributed by atoms with Crippen LogP contribution in [0.3, 0.4) is 0 Å². The third kappa shape index (κ3) is 4.59. The van der Waals surface area contributed by atoms with Crippen LogP contribution >= 0.6 is 23.3 Å². The van der Waals surface area contributed by atoms with Crippen molar-refractivity contribution in [1.29, 1.82) is 0 Å². The molecule has 0 aromatic carbocycles. The van der Waals surface area contributed by atoms with Crippen molar-refractivity contribution in [2.45, 2.75) is 31.5 Å². The molecule has 2 aliphatic rings. The molecule has 0 bridgehead atoms. The highest BCUT2D eigenvalue weighted by molar-refractivity contribution is 8.00. The first kappa shape index (κ1) is 22.2. The Kier molecular flexibility index (Phi) is 6.67. The average Bonchev–Trinajstić information content (AvgIpc) is 3.24. The quantitative estimate of drug-likeness (QED) is 0.202. The number of oxime groups is 1. The monoisotopic (exact) mass is 476 g/mol. The van der Waals surface area contributed by atoms with E-state index < -0.39 is 11.9 Å². The minimum Gasteiger partial charge on any atom is -0.395 e. The summed E-state index contributed by atoms with van der Waals surface area (Å²) >= 11 is 2.52. The first-order chi connectivity index (χ1) is 15.5. The number of aliphatic hydroxyl groups is 1. The third-order valence-corrected chi connectivity index (χ3v) is 6.73. The van der Waals surface area contributed by atoms with E-state index in [2.05, 4.69) is 19.8 Å². The predicted octanol–water partition coefficient (Wildman–Crippen LogP) is -0.375. The fourth-order valence-electron chi connectivity index (χ4n) is 3.23. The molecule has 1 saturated heterocycles. The molecule has 2 aromatic rings. The molecule has 2 amide bonds. The predicted molar refractivity (Wildman–Crippen MR) is 118 cm³/mol. The van der Waals surface area contributed by atoms with Crippen LogP contribution in [-0.4, -0.2) is 60.7 Å². The number of β-lactam (4-membered cyclic amide) rings is 1. The number of rotatable bonds is 8. The number of nitrogen functional groups attached to an aromatic ring is 1. The number of hydrogen-bond acceptors (Lipinski definition) is 10. The summed E-state index contributed by atoms with van der Waals surface area (Å²) in [7, 11) is 0. The first-order valence-corrected chi connectivity index (χ1v) is 11.6. The number of pyridine rings is 1. The molecule has 0 radical (unpaired) electrons. The van der Waals surface area contributed by atoms with Gasteiger partial charge in [0.1, 0.15) is 18.0 Å². The summed E-state index contributed by atoms with van der Waals surface area (Å²) in [5, 5.41) is 15.7. The largest absolute Gasteiger partial charge is 0.395 e. The van der Waals surface area contributed by atoms with E-state index in [1.165, 1.54) is 0 Å². The number of aliphatic hydroxyl groups excluding tert-OH is 1. The molecule has 0 spiro atoms. The zero-order valence-electron chi connectivity index (χ0n) is 17.2. The lowest BCUT2D eigenvalue weighted by Gasteiger charge is -2.47. The van der Waals surface area contributed by atoms with E-state index in [0.29, 0.717) is 6.54 Å². The van der Waals surface area contributed by atoms with Gasteiger partial charge in [0.2, 0.25) is 11.5 Å². The van der Waals surface area contributed by atoms with E-state index in [4.69, 9.17) is 15.7 Å². The molecule has 1 unspecified atom stereocenters. The van der Waals surface area contributed by atoms with E-state index in [0.717, 1.165) is 28.4 Å². The maximum absolute atomic E-state index is 12.8. The van der Waals surface area contributed by atoms with Crippen molar-refractivity contribution in [3.8, 4) is 0 Å². The van der Waals surface area contributed by atoms with Crippen LogP contribution < -0.4 is 15.6 Å². The maximum Gasteiger partial charge on any atom is 0.278 e. The van der Waals surface area contributed by atoms with E-state index in [1.54, 1.807) is 23.6 Å². The number of carbonyl (C=O) groups is 2. The molecule has 0 aliphatic carbocycles. The number of nitrogens with one attached hydrogen (secondary N) is 1. The van der Waals surface area contributed by atoms with Gasteiger partial charge in [-0.2, -0.15) is 9.36 Å². The van der Waals surface area contributed by atoms with Crippen LogP contribution in [0.1, 0.15) is 18.3 Å². The summed E-state index contributed by atoms with van der Waals surface area (Å²) in [5.41, 5.74) is 7.41. The lowest BCUT2D eigenvalue weighted by molar-refractivity contribution is -0.689. The minimum absolute atomic E-state index is 0.000627. The number of aromatic nitrogens is 3.